The maximum atomic E-state index is 11.9. The van der Waals surface area contributed by atoms with Crippen LogP contribution in [0.1, 0.15) is 45.4 Å². The van der Waals surface area contributed by atoms with E-state index < -0.39 is 0 Å². The summed E-state index contributed by atoms with van der Waals surface area (Å²) in [5.41, 5.74) is 6.05. The lowest BCUT2D eigenvalue weighted by molar-refractivity contribution is -0.137. The Kier molecular flexibility index (Phi) is 3.85. The first kappa shape index (κ1) is 11.9. The van der Waals surface area contributed by atoms with Gasteiger partial charge in [0.1, 0.15) is 0 Å². The van der Waals surface area contributed by atoms with E-state index in [2.05, 4.69) is 11.8 Å². The minimum atomic E-state index is 0.242. The molecule has 1 aliphatic carbocycles. The lowest BCUT2D eigenvalue weighted by Gasteiger charge is -2.31. The van der Waals surface area contributed by atoms with Crippen LogP contribution in [0.4, 0.5) is 0 Å². The summed E-state index contributed by atoms with van der Waals surface area (Å²) in [6.45, 7) is 3.95. The van der Waals surface area contributed by atoms with Crippen molar-refractivity contribution >= 4 is 5.91 Å². The minimum Gasteiger partial charge on any atom is -0.342 e. The smallest absolute Gasteiger partial charge is 0.225 e. The monoisotopic (exact) mass is 224 g/mol. The summed E-state index contributed by atoms with van der Waals surface area (Å²) in [5, 5.41) is 0. The van der Waals surface area contributed by atoms with E-state index in [4.69, 9.17) is 5.73 Å². The van der Waals surface area contributed by atoms with E-state index in [0.29, 0.717) is 17.9 Å². The van der Waals surface area contributed by atoms with E-state index in [1.54, 1.807) is 0 Å². The van der Waals surface area contributed by atoms with E-state index >= 15 is 0 Å². The molecule has 0 radical (unpaired) electrons. The van der Waals surface area contributed by atoms with Crippen molar-refractivity contribution in [1.82, 2.24) is 4.90 Å². The van der Waals surface area contributed by atoms with Gasteiger partial charge in [0.05, 0.1) is 0 Å². The van der Waals surface area contributed by atoms with Gasteiger partial charge in [-0.2, -0.15) is 0 Å². The van der Waals surface area contributed by atoms with Gasteiger partial charge in [-0.15, -0.1) is 0 Å². The molecule has 0 aromatic heterocycles. The molecule has 1 saturated carbocycles. The molecule has 2 aliphatic rings. The van der Waals surface area contributed by atoms with Gasteiger partial charge >= 0.3 is 0 Å². The lowest BCUT2D eigenvalue weighted by atomic mass is 9.96. The molecule has 1 saturated heterocycles. The third kappa shape index (κ3) is 2.57. The van der Waals surface area contributed by atoms with Gasteiger partial charge in [-0.1, -0.05) is 13.3 Å². The van der Waals surface area contributed by atoms with Crippen molar-refractivity contribution in [3.63, 3.8) is 0 Å². The van der Waals surface area contributed by atoms with E-state index in [0.717, 1.165) is 25.9 Å². The van der Waals surface area contributed by atoms with Crippen molar-refractivity contribution in [3.8, 4) is 0 Å². The highest BCUT2D eigenvalue weighted by Crippen LogP contribution is 2.27. The number of carbonyl (C=O) groups is 1. The van der Waals surface area contributed by atoms with Gasteiger partial charge in [0.25, 0.3) is 0 Å². The molecule has 16 heavy (non-hydrogen) atoms. The van der Waals surface area contributed by atoms with Gasteiger partial charge in [-0.05, 0) is 38.0 Å². The van der Waals surface area contributed by atoms with Crippen LogP contribution in [0.3, 0.4) is 0 Å². The van der Waals surface area contributed by atoms with Crippen LogP contribution >= 0.6 is 0 Å². The number of piperidine rings is 1. The SMILES string of the molecule is CC1CCCN(CCC2CCCC2N)C1=O. The molecule has 1 aliphatic heterocycles. The molecule has 92 valence electrons. The Morgan fingerprint density at radius 1 is 1.31 bits per heavy atom. The van der Waals surface area contributed by atoms with Crippen LogP contribution in [0.15, 0.2) is 0 Å². The average Bonchev–Trinajstić information content (AvgIpc) is 2.67. The fraction of sp³-hybridized carbons (Fsp3) is 0.923. The van der Waals surface area contributed by atoms with Crippen LogP contribution in [-0.4, -0.2) is 29.9 Å². The normalized spacial score (nSPS) is 35.8. The second-order valence-corrected chi connectivity index (χ2v) is 5.51. The van der Waals surface area contributed by atoms with Crippen molar-refractivity contribution < 1.29 is 4.79 Å². The van der Waals surface area contributed by atoms with Crippen LogP contribution in [0.25, 0.3) is 0 Å². The maximum absolute atomic E-state index is 11.9. The highest BCUT2D eigenvalue weighted by Gasteiger charge is 2.28. The van der Waals surface area contributed by atoms with Gasteiger partial charge in [-0.3, -0.25) is 4.79 Å². The average molecular weight is 224 g/mol. The van der Waals surface area contributed by atoms with Crippen LogP contribution in [0.2, 0.25) is 0 Å². The quantitative estimate of drug-likeness (QED) is 0.794. The van der Waals surface area contributed by atoms with Crippen LogP contribution in [0.5, 0.6) is 0 Å². The molecule has 3 unspecified atom stereocenters. The molecule has 3 atom stereocenters. The standard InChI is InChI=1S/C13H24N2O/c1-10-4-3-8-15(13(10)16)9-7-11-5-2-6-12(11)14/h10-12H,2-9,14H2,1H3. The molecular formula is C13H24N2O. The lowest BCUT2D eigenvalue weighted by Crippen LogP contribution is -2.41. The third-order valence-electron chi connectivity index (χ3n) is 4.29. The first-order chi connectivity index (χ1) is 7.68. The summed E-state index contributed by atoms with van der Waals surface area (Å²) in [4.78, 5) is 14.0. The summed E-state index contributed by atoms with van der Waals surface area (Å²) in [6.07, 6.45) is 7.06. The van der Waals surface area contributed by atoms with Crippen molar-refractivity contribution in [3.05, 3.63) is 0 Å². The van der Waals surface area contributed by atoms with Gasteiger partial charge in [0, 0.05) is 25.0 Å². The molecule has 3 nitrogen and oxygen atoms in total. The Morgan fingerprint density at radius 2 is 2.12 bits per heavy atom. The Hall–Kier alpha value is -0.570. The highest BCUT2D eigenvalue weighted by molar-refractivity contribution is 5.79. The molecule has 2 fully saturated rings. The second kappa shape index (κ2) is 5.17. The van der Waals surface area contributed by atoms with Crippen molar-refractivity contribution in [1.29, 1.82) is 0 Å². The molecule has 0 aromatic carbocycles. The summed E-state index contributed by atoms with van der Waals surface area (Å²) < 4.78 is 0. The second-order valence-electron chi connectivity index (χ2n) is 5.51. The van der Waals surface area contributed by atoms with Gasteiger partial charge < -0.3 is 10.6 Å². The zero-order chi connectivity index (χ0) is 11.5. The predicted molar refractivity (Wildman–Crippen MR) is 64.9 cm³/mol. The zero-order valence-electron chi connectivity index (χ0n) is 10.3. The number of nitrogens with zero attached hydrogens (tertiary/aromatic N) is 1. The molecule has 1 heterocycles. The summed E-state index contributed by atoms with van der Waals surface area (Å²) >= 11 is 0. The molecule has 0 spiro atoms. The Bertz CT molecular complexity index is 254. The van der Waals surface area contributed by atoms with Crippen LogP contribution in [-0.2, 0) is 4.79 Å². The van der Waals surface area contributed by atoms with E-state index in [-0.39, 0.29) is 5.92 Å². The first-order valence-electron chi connectivity index (χ1n) is 6.73. The number of amides is 1. The van der Waals surface area contributed by atoms with Crippen LogP contribution in [0, 0.1) is 11.8 Å². The highest BCUT2D eigenvalue weighted by atomic mass is 16.2. The Labute approximate surface area is 98.4 Å². The summed E-state index contributed by atoms with van der Waals surface area (Å²) in [7, 11) is 0. The summed E-state index contributed by atoms with van der Waals surface area (Å²) in [6, 6.07) is 0.386. The fourth-order valence-electron chi connectivity index (χ4n) is 3.10. The largest absolute Gasteiger partial charge is 0.342 e. The van der Waals surface area contributed by atoms with Crippen molar-refractivity contribution in [2.75, 3.05) is 13.1 Å². The first-order valence-corrected chi connectivity index (χ1v) is 6.73. The third-order valence-corrected chi connectivity index (χ3v) is 4.29. The predicted octanol–water partition coefficient (Wildman–Crippen LogP) is 1.76. The van der Waals surface area contributed by atoms with Crippen molar-refractivity contribution in [2.45, 2.75) is 51.5 Å². The molecule has 1 amide bonds. The Morgan fingerprint density at radius 3 is 2.81 bits per heavy atom. The molecule has 2 rings (SSSR count). The molecule has 3 heteroatoms. The zero-order valence-corrected chi connectivity index (χ0v) is 10.3. The fourth-order valence-corrected chi connectivity index (χ4v) is 3.10. The van der Waals surface area contributed by atoms with Crippen molar-refractivity contribution in [2.24, 2.45) is 17.6 Å². The summed E-state index contributed by atoms with van der Waals surface area (Å²) in [5.74, 6) is 1.26. The van der Waals surface area contributed by atoms with Crippen LogP contribution < -0.4 is 5.73 Å². The number of nitrogens with two attached hydrogens (primary N) is 1. The maximum Gasteiger partial charge on any atom is 0.225 e. The van der Waals surface area contributed by atoms with E-state index in [1.165, 1.54) is 25.7 Å². The molecule has 0 bridgehead atoms. The molecular weight excluding hydrogens is 200 g/mol. The van der Waals surface area contributed by atoms with Gasteiger partial charge in [0.2, 0.25) is 5.91 Å². The van der Waals surface area contributed by atoms with Gasteiger partial charge in [0.15, 0.2) is 0 Å². The van der Waals surface area contributed by atoms with E-state index in [9.17, 15) is 4.79 Å². The number of carbonyl (C=O) groups excluding carboxylic acids is 1. The Balaban J connectivity index is 1.78. The minimum absolute atomic E-state index is 0.242. The van der Waals surface area contributed by atoms with Gasteiger partial charge in [-0.25, -0.2) is 0 Å². The number of rotatable bonds is 3. The number of hydrogen-bond acceptors (Lipinski definition) is 2. The molecule has 2 N–H and O–H groups in total. The number of likely N-dealkylation sites (tertiary alicyclic amines) is 1. The van der Waals surface area contributed by atoms with E-state index in [1.807, 2.05) is 0 Å². The number of hydrogen-bond donors (Lipinski definition) is 1. The molecule has 0 aromatic rings. The topological polar surface area (TPSA) is 46.3 Å².